The fourth-order valence-electron chi connectivity index (χ4n) is 1.91. The molecule has 1 fully saturated rings. The summed E-state index contributed by atoms with van der Waals surface area (Å²) in [4.78, 5) is 13.4. The molecule has 0 unspecified atom stereocenters. The SMILES string of the molecule is O=c1cc(N2CCCC2)cnn1C[B-](F)(F)F.[K+]. The largest absolute Gasteiger partial charge is 1.00 e. The van der Waals surface area contributed by atoms with Gasteiger partial charge >= 0.3 is 58.4 Å². The van der Waals surface area contributed by atoms with Crippen molar-refractivity contribution in [1.29, 1.82) is 0 Å². The predicted molar refractivity (Wildman–Crippen MR) is 59.0 cm³/mol. The molecular weight excluding hydrogens is 273 g/mol. The zero-order chi connectivity index (χ0) is 12.5. The zero-order valence-corrected chi connectivity index (χ0v) is 13.3. The van der Waals surface area contributed by atoms with E-state index in [9.17, 15) is 17.7 Å². The molecule has 2 heterocycles. The molecule has 0 saturated carbocycles. The van der Waals surface area contributed by atoms with Gasteiger partial charge in [0, 0.05) is 25.6 Å². The molecule has 1 aromatic heterocycles. The standard InChI is InChI=1S/C9H12BF3N3O.K/c11-10(12,13)7-16-9(17)5-8(6-14-16)15-3-1-2-4-15;/h5-6H,1-4,7H2;/q-1;+1. The Bertz CT molecular complexity index is 459. The molecule has 0 aromatic carbocycles. The summed E-state index contributed by atoms with van der Waals surface area (Å²) in [6.07, 6.45) is 2.12. The van der Waals surface area contributed by atoms with Crippen LogP contribution in [-0.2, 0) is 6.44 Å². The Morgan fingerprint density at radius 1 is 1.28 bits per heavy atom. The van der Waals surface area contributed by atoms with Crippen molar-refractivity contribution in [3.05, 3.63) is 22.6 Å². The van der Waals surface area contributed by atoms with Crippen molar-refractivity contribution >= 4 is 12.7 Å². The van der Waals surface area contributed by atoms with E-state index in [1.165, 1.54) is 12.3 Å². The van der Waals surface area contributed by atoms with Gasteiger partial charge in [-0.05, 0) is 12.8 Å². The average molecular weight is 285 g/mol. The number of nitrogens with zero attached hydrogens (tertiary/aromatic N) is 3. The second-order valence-electron chi connectivity index (χ2n) is 4.14. The smallest absolute Gasteiger partial charge is 0.448 e. The summed E-state index contributed by atoms with van der Waals surface area (Å²) in [5.41, 5.74) is -0.0907. The monoisotopic (exact) mass is 285 g/mol. The van der Waals surface area contributed by atoms with Crippen LogP contribution in [0.1, 0.15) is 12.8 Å². The van der Waals surface area contributed by atoms with Crippen LogP contribution in [0.15, 0.2) is 17.1 Å². The van der Waals surface area contributed by atoms with Gasteiger partial charge in [0.2, 0.25) is 0 Å². The minimum Gasteiger partial charge on any atom is -0.448 e. The van der Waals surface area contributed by atoms with Crippen molar-refractivity contribution in [3.8, 4) is 0 Å². The van der Waals surface area contributed by atoms with Gasteiger partial charge in [-0.3, -0.25) is 9.48 Å². The Hall–Kier alpha value is 0.171. The van der Waals surface area contributed by atoms with E-state index >= 15 is 0 Å². The van der Waals surface area contributed by atoms with Crippen LogP contribution in [0.4, 0.5) is 18.6 Å². The minimum absolute atomic E-state index is 0. The minimum atomic E-state index is -5.04. The number of rotatable bonds is 3. The summed E-state index contributed by atoms with van der Waals surface area (Å²) in [7, 11) is 0. The maximum Gasteiger partial charge on any atom is 1.00 e. The van der Waals surface area contributed by atoms with Crippen LogP contribution in [0.5, 0.6) is 0 Å². The molecule has 0 aliphatic carbocycles. The summed E-state index contributed by atoms with van der Waals surface area (Å²) in [6.45, 7) is -3.38. The van der Waals surface area contributed by atoms with E-state index in [1.807, 2.05) is 4.90 Å². The number of hydrogen-bond acceptors (Lipinski definition) is 3. The molecule has 0 bridgehead atoms. The molecule has 1 saturated heterocycles. The van der Waals surface area contributed by atoms with Gasteiger partial charge in [0.25, 0.3) is 5.56 Å². The Morgan fingerprint density at radius 2 is 1.89 bits per heavy atom. The first-order valence-electron chi connectivity index (χ1n) is 5.49. The zero-order valence-electron chi connectivity index (χ0n) is 10.2. The first kappa shape index (κ1) is 16.2. The third kappa shape index (κ3) is 4.37. The van der Waals surface area contributed by atoms with Gasteiger partial charge in [-0.25, -0.2) is 0 Å². The van der Waals surface area contributed by atoms with E-state index in [2.05, 4.69) is 5.10 Å². The molecule has 9 heteroatoms. The number of anilines is 1. The van der Waals surface area contributed by atoms with Crippen LogP contribution in [0.25, 0.3) is 0 Å². The molecule has 0 N–H and O–H groups in total. The quantitative estimate of drug-likeness (QED) is 0.617. The fourth-order valence-corrected chi connectivity index (χ4v) is 1.91. The molecule has 0 spiro atoms. The fraction of sp³-hybridized carbons (Fsp3) is 0.556. The van der Waals surface area contributed by atoms with Gasteiger partial charge in [-0.1, -0.05) is 0 Å². The molecule has 1 aliphatic heterocycles. The second kappa shape index (κ2) is 6.56. The van der Waals surface area contributed by atoms with Crippen LogP contribution in [0.3, 0.4) is 0 Å². The molecule has 4 nitrogen and oxygen atoms in total. The molecule has 1 aromatic rings. The summed E-state index contributed by atoms with van der Waals surface area (Å²) < 4.78 is 37.0. The summed E-state index contributed by atoms with van der Waals surface area (Å²) in [6, 6.07) is 1.22. The molecule has 2 rings (SSSR count). The molecule has 0 amide bonds. The van der Waals surface area contributed by atoms with Crippen molar-refractivity contribution in [1.82, 2.24) is 9.78 Å². The Morgan fingerprint density at radius 3 is 2.39 bits per heavy atom. The summed E-state index contributed by atoms with van der Waals surface area (Å²) in [5, 5.41) is 3.57. The Kier molecular flexibility index (Phi) is 5.91. The number of aromatic nitrogens is 2. The molecule has 1 aliphatic rings. The van der Waals surface area contributed by atoms with Crippen LogP contribution in [0.2, 0.25) is 0 Å². The van der Waals surface area contributed by atoms with Gasteiger partial charge in [-0.2, -0.15) is 5.10 Å². The average Bonchev–Trinajstić information content (AvgIpc) is 2.72. The molecule has 0 atom stereocenters. The first-order chi connectivity index (χ1) is 7.96. The topological polar surface area (TPSA) is 38.1 Å². The van der Waals surface area contributed by atoms with Gasteiger partial charge < -0.3 is 17.8 Å². The van der Waals surface area contributed by atoms with Gasteiger partial charge in [0.05, 0.1) is 11.9 Å². The van der Waals surface area contributed by atoms with Crippen molar-refractivity contribution in [2.75, 3.05) is 18.0 Å². The third-order valence-corrected chi connectivity index (χ3v) is 2.71. The van der Waals surface area contributed by atoms with Gasteiger partial charge in [-0.15, -0.1) is 0 Å². The van der Waals surface area contributed by atoms with Crippen molar-refractivity contribution in [3.63, 3.8) is 0 Å². The van der Waals surface area contributed by atoms with E-state index in [0.717, 1.165) is 25.9 Å². The number of halogens is 3. The Labute approximate surface area is 145 Å². The predicted octanol–water partition coefficient (Wildman–Crippen LogP) is -1.77. The van der Waals surface area contributed by atoms with E-state index < -0.39 is 19.0 Å². The van der Waals surface area contributed by atoms with Gasteiger partial charge in [0.15, 0.2) is 0 Å². The van der Waals surface area contributed by atoms with Crippen molar-refractivity contribution < 1.29 is 64.3 Å². The van der Waals surface area contributed by atoms with Crippen LogP contribution in [0, 0.1) is 0 Å². The number of hydrogen-bond donors (Lipinski definition) is 0. The van der Waals surface area contributed by atoms with Gasteiger partial charge in [0.1, 0.15) is 0 Å². The maximum absolute atomic E-state index is 12.2. The first-order valence-corrected chi connectivity index (χ1v) is 5.49. The third-order valence-electron chi connectivity index (χ3n) is 2.71. The van der Waals surface area contributed by atoms with Crippen LogP contribution in [-0.4, -0.2) is 29.8 Å². The molecule has 0 radical (unpaired) electrons. The van der Waals surface area contributed by atoms with Crippen molar-refractivity contribution in [2.24, 2.45) is 0 Å². The van der Waals surface area contributed by atoms with Crippen LogP contribution >= 0.6 is 0 Å². The van der Waals surface area contributed by atoms with E-state index in [0.29, 0.717) is 10.4 Å². The van der Waals surface area contributed by atoms with Crippen molar-refractivity contribution in [2.45, 2.75) is 19.3 Å². The van der Waals surface area contributed by atoms with E-state index in [-0.39, 0.29) is 51.4 Å². The second-order valence-corrected chi connectivity index (χ2v) is 4.14. The summed E-state index contributed by atoms with van der Waals surface area (Å²) in [5.74, 6) is 0. The summed E-state index contributed by atoms with van der Waals surface area (Å²) >= 11 is 0. The Balaban J connectivity index is 0.00000162. The molecular formula is C9H12BF3KN3O. The van der Waals surface area contributed by atoms with E-state index in [1.54, 1.807) is 0 Å². The maximum atomic E-state index is 12.2. The normalized spacial score (nSPS) is 15.6. The molecule has 18 heavy (non-hydrogen) atoms. The van der Waals surface area contributed by atoms with E-state index in [4.69, 9.17) is 0 Å². The molecule has 94 valence electrons. The van der Waals surface area contributed by atoms with Crippen LogP contribution < -0.4 is 61.8 Å².